The lowest BCUT2D eigenvalue weighted by Crippen LogP contribution is -2.37. The highest BCUT2D eigenvalue weighted by Gasteiger charge is 2.15. The summed E-state index contributed by atoms with van der Waals surface area (Å²) in [5.41, 5.74) is 0. The van der Waals surface area contributed by atoms with Gasteiger partial charge in [0.15, 0.2) is 0 Å². The Morgan fingerprint density at radius 2 is 1.79 bits per heavy atom. The van der Waals surface area contributed by atoms with Crippen molar-refractivity contribution in [1.82, 2.24) is 10.6 Å². The van der Waals surface area contributed by atoms with Crippen LogP contribution in [0.15, 0.2) is 0 Å². The first kappa shape index (κ1) is 10.4. The molecule has 0 aromatic heterocycles. The first-order chi connectivity index (χ1) is 6.95. The summed E-state index contributed by atoms with van der Waals surface area (Å²) in [4.78, 5) is 0. The summed E-state index contributed by atoms with van der Waals surface area (Å²) in [6.45, 7) is 2.47. The van der Waals surface area contributed by atoms with Crippen LogP contribution in [0.25, 0.3) is 0 Å². The van der Waals surface area contributed by atoms with Crippen molar-refractivity contribution >= 4 is 0 Å². The predicted octanol–water partition coefficient (Wildman–Crippen LogP) is 2.05. The molecule has 2 nitrogen and oxygen atoms in total. The van der Waals surface area contributed by atoms with Crippen molar-refractivity contribution in [3.8, 4) is 0 Å². The summed E-state index contributed by atoms with van der Waals surface area (Å²) in [5.74, 6) is 0. The summed E-state index contributed by atoms with van der Waals surface area (Å²) in [6.07, 6.45) is 11.3. The molecular formula is C12H24N2. The van der Waals surface area contributed by atoms with Gasteiger partial charge in [-0.2, -0.15) is 0 Å². The molecule has 0 aromatic carbocycles. The molecule has 1 saturated heterocycles. The molecule has 0 radical (unpaired) electrons. The third-order valence-corrected chi connectivity index (χ3v) is 3.69. The minimum atomic E-state index is 0.803. The van der Waals surface area contributed by atoms with Gasteiger partial charge in [0.2, 0.25) is 0 Å². The highest BCUT2D eigenvalue weighted by Crippen LogP contribution is 2.17. The average molecular weight is 196 g/mol. The van der Waals surface area contributed by atoms with Gasteiger partial charge in [0.05, 0.1) is 0 Å². The molecule has 1 saturated carbocycles. The second-order valence-corrected chi connectivity index (χ2v) is 4.87. The highest BCUT2D eigenvalue weighted by atomic mass is 14.9. The van der Waals surface area contributed by atoms with E-state index in [9.17, 15) is 0 Å². The Morgan fingerprint density at radius 3 is 2.50 bits per heavy atom. The van der Waals surface area contributed by atoms with Crippen molar-refractivity contribution in [3.63, 3.8) is 0 Å². The van der Waals surface area contributed by atoms with E-state index >= 15 is 0 Å². The first-order valence-corrected chi connectivity index (χ1v) is 6.42. The van der Waals surface area contributed by atoms with E-state index in [1.165, 1.54) is 64.5 Å². The Kier molecular flexibility index (Phi) is 4.26. The van der Waals surface area contributed by atoms with Gasteiger partial charge in [-0.05, 0) is 45.2 Å². The topological polar surface area (TPSA) is 24.1 Å². The fourth-order valence-corrected chi connectivity index (χ4v) is 2.76. The molecule has 0 aromatic rings. The molecule has 14 heavy (non-hydrogen) atoms. The predicted molar refractivity (Wildman–Crippen MR) is 60.5 cm³/mol. The molecule has 2 N–H and O–H groups in total. The summed E-state index contributed by atoms with van der Waals surface area (Å²) in [7, 11) is 0. The normalized spacial score (nSPS) is 29.6. The number of nitrogens with one attached hydrogen (secondary N) is 2. The van der Waals surface area contributed by atoms with Gasteiger partial charge < -0.3 is 10.6 Å². The summed E-state index contributed by atoms with van der Waals surface area (Å²) in [5, 5.41) is 7.29. The van der Waals surface area contributed by atoms with Crippen LogP contribution in [-0.2, 0) is 0 Å². The van der Waals surface area contributed by atoms with Crippen LogP contribution in [0.1, 0.15) is 51.4 Å². The van der Waals surface area contributed by atoms with Crippen LogP contribution in [-0.4, -0.2) is 25.2 Å². The van der Waals surface area contributed by atoms with E-state index in [0.717, 1.165) is 12.1 Å². The van der Waals surface area contributed by atoms with Crippen LogP contribution in [0.4, 0.5) is 0 Å². The molecule has 1 aliphatic heterocycles. The molecule has 2 fully saturated rings. The van der Waals surface area contributed by atoms with Gasteiger partial charge in [0.1, 0.15) is 0 Å². The molecule has 82 valence electrons. The zero-order valence-electron chi connectivity index (χ0n) is 9.23. The minimum Gasteiger partial charge on any atom is -0.314 e. The third kappa shape index (κ3) is 3.25. The van der Waals surface area contributed by atoms with Crippen molar-refractivity contribution in [1.29, 1.82) is 0 Å². The largest absolute Gasteiger partial charge is 0.314 e. The Labute approximate surface area is 87.8 Å². The molecule has 2 rings (SSSR count). The van der Waals surface area contributed by atoms with E-state index in [4.69, 9.17) is 0 Å². The Balaban J connectivity index is 1.52. The number of rotatable bonds is 4. The number of piperidine rings is 1. The quantitative estimate of drug-likeness (QED) is 0.719. The van der Waals surface area contributed by atoms with Gasteiger partial charge in [0, 0.05) is 12.1 Å². The Hall–Kier alpha value is -0.0800. The molecule has 2 heteroatoms. The van der Waals surface area contributed by atoms with Gasteiger partial charge >= 0.3 is 0 Å². The Morgan fingerprint density at radius 1 is 1.00 bits per heavy atom. The fourth-order valence-electron chi connectivity index (χ4n) is 2.76. The smallest absolute Gasteiger partial charge is 0.00791 e. The van der Waals surface area contributed by atoms with Gasteiger partial charge in [-0.25, -0.2) is 0 Å². The van der Waals surface area contributed by atoms with E-state index in [2.05, 4.69) is 10.6 Å². The van der Waals surface area contributed by atoms with Gasteiger partial charge in [0.25, 0.3) is 0 Å². The van der Waals surface area contributed by atoms with E-state index in [0.29, 0.717) is 0 Å². The second kappa shape index (κ2) is 5.72. The maximum atomic E-state index is 3.69. The monoisotopic (exact) mass is 196 g/mol. The summed E-state index contributed by atoms with van der Waals surface area (Å²) >= 11 is 0. The van der Waals surface area contributed by atoms with Gasteiger partial charge in [-0.1, -0.05) is 19.3 Å². The van der Waals surface area contributed by atoms with Crippen LogP contribution >= 0.6 is 0 Å². The summed E-state index contributed by atoms with van der Waals surface area (Å²) < 4.78 is 0. The van der Waals surface area contributed by atoms with E-state index < -0.39 is 0 Å². The third-order valence-electron chi connectivity index (χ3n) is 3.69. The van der Waals surface area contributed by atoms with Crippen molar-refractivity contribution < 1.29 is 0 Å². The van der Waals surface area contributed by atoms with Gasteiger partial charge in [-0.3, -0.25) is 0 Å². The van der Waals surface area contributed by atoms with Crippen LogP contribution in [0.3, 0.4) is 0 Å². The maximum Gasteiger partial charge on any atom is 0.00791 e. The maximum absolute atomic E-state index is 3.69. The van der Waals surface area contributed by atoms with E-state index in [-0.39, 0.29) is 0 Å². The average Bonchev–Trinajstić information content (AvgIpc) is 2.72. The molecular weight excluding hydrogens is 172 g/mol. The lowest BCUT2D eigenvalue weighted by atomic mass is 10.0. The zero-order valence-corrected chi connectivity index (χ0v) is 9.23. The summed E-state index contributed by atoms with van der Waals surface area (Å²) in [6, 6.07) is 1.65. The molecule has 1 unspecified atom stereocenters. The SMILES string of the molecule is C1CCC(CCNC2CCCC2)NC1. The van der Waals surface area contributed by atoms with E-state index in [1.54, 1.807) is 0 Å². The molecule has 2 aliphatic rings. The van der Waals surface area contributed by atoms with Gasteiger partial charge in [-0.15, -0.1) is 0 Å². The first-order valence-electron chi connectivity index (χ1n) is 6.42. The highest BCUT2D eigenvalue weighted by molar-refractivity contribution is 4.77. The van der Waals surface area contributed by atoms with Crippen molar-refractivity contribution in [2.75, 3.05) is 13.1 Å². The van der Waals surface area contributed by atoms with Crippen molar-refractivity contribution in [2.45, 2.75) is 63.5 Å². The lowest BCUT2D eigenvalue weighted by molar-refractivity contribution is 0.368. The van der Waals surface area contributed by atoms with Crippen LogP contribution < -0.4 is 10.6 Å². The van der Waals surface area contributed by atoms with E-state index in [1.807, 2.05) is 0 Å². The molecule has 0 spiro atoms. The van der Waals surface area contributed by atoms with Crippen LogP contribution in [0, 0.1) is 0 Å². The Bertz CT molecular complexity index is 146. The number of hydrogen-bond acceptors (Lipinski definition) is 2. The molecule has 0 bridgehead atoms. The zero-order chi connectivity index (χ0) is 9.64. The molecule has 0 amide bonds. The van der Waals surface area contributed by atoms with Crippen LogP contribution in [0.2, 0.25) is 0 Å². The number of hydrogen-bond donors (Lipinski definition) is 2. The molecule has 1 atom stereocenters. The van der Waals surface area contributed by atoms with Crippen molar-refractivity contribution in [3.05, 3.63) is 0 Å². The second-order valence-electron chi connectivity index (χ2n) is 4.87. The van der Waals surface area contributed by atoms with Crippen LogP contribution in [0.5, 0.6) is 0 Å². The molecule has 1 aliphatic carbocycles. The molecule has 1 heterocycles. The minimum absolute atomic E-state index is 0.803. The standard InChI is InChI=1S/C12H24N2/c1-2-6-11(5-1)14-10-8-12-7-3-4-9-13-12/h11-14H,1-10H2. The van der Waals surface area contributed by atoms with Crippen molar-refractivity contribution in [2.24, 2.45) is 0 Å². The lowest BCUT2D eigenvalue weighted by Gasteiger charge is -2.24. The fraction of sp³-hybridized carbons (Fsp3) is 1.00.